The standard InChI is InChI=1S/C15H16F3NO/c16-15(17,18)13-7-4-12(5-8-13)6-9-14(20)19-10-2-1-3-11-19/h4-9H,1-3,10-11H2/b9-6+. The van der Waals surface area contributed by atoms with E-state index in [4.69, 9.17) is 0 Å². The van der Waals surface area contributed by atoms with E-state index in [1.54, 1.807) is 11.0 Å². The summed E-state index contributed by atoms with van der Waals surface area (Å²) in [6.45, 7) is 1.52. The van der Waals surface area contributed by atoms with E-state index < -0.39 is 11.7 Å². The first-order valence-corrected chi connectivity index (χ1v) is 6.61. The molecule has 1 fully saturated rings. The van der Waals surface area contributed by atoms with E-state index in [1.165, 1.54) is 18.2 Å². The van der Waals surface area contributed by atoms with Gasteiger partial charge in [0.25, 0.3) is 0 Å². The lowest BCUT2D eigenvalue weighted by Crippen LogP contribution is -2.34. The fourth-order valence-corrected chi connectivity index (χ4v) is 2.17. The van der Waals surface area contributed by atoms with Crippen molar-refractivity contribution in [3.8, 4) is 0 Å². The van der Waals surface area contributed by atoms with Gasteiger partial charge in [-0.05, 0) is 43.0 Å². The molecule has 1 aliphatic rings. The van der Waals surface area contributed by atoms with Gasteiger partial charge in [-0.3, -0.25) is 4.79 Å². The number of halogens is 3. The van der Waals surface area contributed by atoms with Crippen molar-refractivity contribution in [2.45, 2.75) is 25.4 Å². The zero-order valence-electron chi connectivity index (χ0n) is 11.0. The topological polar surface area (TPSA) is 20.3 Å². The summed E-state index contributed by atoms with van der Waals surface area (Å²) in [5.41, 5.74) is -0.0969. The molecule has 0 aliphatic carbocycles. The molecule has 2 nitrogen and oxygen atoms in total. The Bertz CT molecular complexity index is 485. The monoisotopic (exact) mass is 283 g/mol. The van der Waals surface area contributed by atoms with Crippen LogP contribution in [-0.4, -0.2) is 23.9 Å². The number of carbonyl (C=O) groups is 1. The van der Waals surface area contributed by atoms with Crippen molar-refractivity contribution in [1.29, 1.82) is 0 Å². The van der Waals surface area contributed by atoms with Crippen LogP contribution in [0, 0.1) is 0 Å². The highest BCUT2D eigenvalue weighted by molar-refractivity contribution is 5.91. The molecule has 1 heterocycles. The molecule has 20 heavy (non-hydrogen) atoms. The van der Waals surface area contributed by atoms with E-state index in [0.29, 0.717) is 5.56 Å². The summed E-state index contributed by atoms with van der Waals surface area (Å²) in [7, 11) is 0. The fourth-order valence-electron chi connectivity index (χ4n) is 2.17. The van der Waals surface area contributed by atoms with Crippen LogP contribution in [0.2, 0.25) is 0 Å². The predicted molar refractivity (Wildman–Crippen MR) is 70.9 cm³/mol. The van der Waals surface area contributed by atoms with Gasteiger partial charge in [-0.2, -0.15) is 13.2 Å². The first-order valence-electron chi connectivity index (χ1n) is 6.61. The summed E-state index contributed by atoms with van der Waals surface area (Å²) in [6.07, 6.45) is 1.82. The van der Waals surface area contributed by atoms with Gasteiger partial charge in [0.15, 0.2) is 0 Å². The van der Waals surface area contributed by atoms with Gasteiger partial charge in [-0.1, -0.05) is 12.1 Å². The summed E-state index contributed by atoms with van der Waals surface area (Å²) in [5.74, 6) is -0.0791. The summed E-state index contributed by atoms with van der Waals surface area (Å²) >= 11 is 0. The minimum absolute atomic E-state index is 0.0791. The number of alkyl halides is 3. The van der Waals surface area contributed by atoms with Gasteiger partial charge in [0.2, 0.25) is 5.91 Å². The molecule has 0 unspecified atom stereocenters. The Labute approximate surface area is 115 Å². The Kier molecular flexibility index (Phi) is 4.47. The lowest BCUT2D eigenvalue weighted by atomic mass is 10.1. The highest BCUT2D eigenvalue weighted by Crippen LogP contribution is 2.29. The molecule has 0 radical (unpaired) electrons. The van der Waals surface area contributed by atoms with Crippen LogP contribution in [0.1, 0.15) is 30.4 Å². The van der Waals surface area contributed by atoms with Crippen LogP contribution < -0.4 is 0 Å². The molecule has 1 aromatic carbocycles. The van der Waals surface area contributed by atoms with Crippen molar-refractivity contribution < 1.29 is 18.0 Å². The van der Waals surface area contributed by atoms with Gasteiger partial charge in [0.05, 0.1) is 5.56 Å². The first kappa shape index (κ1) is 14.6. The number of hydrogen-bond acceptors (Lipinski definition) is 1. The molecule has 1 saturated heterocycles. The van der Waals surface area contributed by atoms with Crippen LogP contribution in [0.3, 0.4) is 0 Å². The van der Waals surface area contributed by atoms with Crippen molar-refractivity contribution in [2.24, 2.45) is 0 Å². The predicted octanol–water partition coefficient (Wildman–Crippen LogP) is 3.73. The van der Waals surface area contributed by atoms with Gasteiger partial charge in [0.1, 0.15) is 0 Å². The highest BCUT2D eigenvalue weighted by atomic mass is 19.4. The maximum atomic E-state index is 12.4. The van der Waals surface area contributed by atoms with Gasteiger partial charge in [0, 0.05) is 19.2 Å². The highest BCUT2D eigenvalue weighted by Gasteiger charge is 2.29. The first-order chi connectivity index (χ1) is 9.47. The van der Waals surface area contributed by atoms with Crippen molar-refractivity contribution in [1.82, 2.24) is 4.90 Å². The molecule has 1 aromatic rings. The second-order valence-electron chi connectivity index (χ2n) is 4.84. The Balaban J connectivity index is 1.98. The molecule has 0 N–H and O–H groups in total. The molecule has 5 heteroatoms. The van der Waals surface area contributed by atoms with E-state index in [0.717, 1.165) is 44.5 Å². The van der Waals surface area contributed by atoms with Crippen LogP contribution in [-0.2, 0) is 11.0 Å². The molecule has 0 atom stereocenters. The molecule has 0 aromatic heterocycles. The van der Waals surface area contributed by atoms with Crippen LogP contribution in [0.15, 0.2) is 30.3 Å². The number of rotatable bonds is 2. The van der Waals surface area contributed by atoms with Crippen LogP contribution in [0.25, 0.3) is 6.08 Å². The van der Waals surface area contributed by atoms with Gasteiger partial charge < -0.3 is 4.90 Å². The minimum atomic E-state index is -4.33. The van der Waals surface area contributed by atoms with Crippen LogP contribution >= 0.6 is 0 Å². The summed E-state index contributed by atoms with van der Waals surface area (Å²) in [6, 6.07) is 4.77. The Morgan fingerprint density at radius 2 is 1.65 bits per heavy atom. The minimum Gasteiger partial charge on any atom is -0.339 e. The summed E-state index contributed by atoms with van der Waals surface area (Å²) in [5, 5.41) is 0. The molecule has 0 bridgehead atoms. The third-order valence-electron chi connectivity index (χ3n) is 3.32. The van der Waals surface area contributed by atoms with Crippen molar-refractivity contribution >= 4 is 12.0 Å². The molecule has 1 aliphatic heterocycles. The average Bonchev–Trinajstić information content (AvgIpc) is 2.45. The van der Waals surface area contributed by atoms with E-state index in [9.17, 15) is 18.0 Å². The third-order valence-corrected chi connectivity index (χ3v) is 3.32. The maximum Gasteiger partial charge on any atom is 0.416 e. The van der Waals surface area contributed by atoms with Crippen molar-refractivity contribution in [2.75, 3.05) is 13.1 Å². The zero-order valence-corrected chi connectivity index (χ0v) is 11.0. The number of benzene rings is 1. The Morgan fingerprint density at radius 3 is 2.20 bits per heavy atom. The molecule has 2 rings (SSSR count). The second kappa shape index (κ2) is 6.11. The number of likely N-dealkylation sites (tertiary alicyclic amines) is 1. The molecule has 0 saturated carbocycles. The molecule has 1 amide bonds. The number of hydrogen-bond donors (Lipinski definition) is 0. The van der Waals surface area contributed by atoms with Gasteiger partial charge in [-0.15, -0.1) is 0 Å². The van der Waals surface area contributed by atoms with E-state index in [2.05, 4.69) is 0 Å². The molecular weight excluding hydrogens is 267 g/mol. The normalized spacial score (nSPS) is 16.6. The Morgan fingerprint density at radius 1 is 1.05 bits per heavy atom. The smallest absolute Gasteiger partial charge is 0.339 e. The van der Waals surface area contributed by atoms with E-state index in [-0.39, 0.29) is 5.91 Å². The lowest BCUT2D eigenvalue weighted by molar-refractivity contribution is -0.137. The number of amides is 1. The summed E-state index contributed by atoms with van der Waals surface area (Å²) < 4.78 is 37.2. The van der Waals surface area contributed by atoms with Gasteiger partial charge in [-0.25, -0.2) is 0 Å². The Hall–Kier alpha value is -1.78. The van der Waals surface area contributed by atoms with Gasteiger partial charge >= 0.3 is 6.18 Å². The number of carbonyl (C=O) groups excluding carboxylic acids is 1. The largest absolute Gasteiger partial charge is 0.416 e. The number of nitrogens with zero attached hydrogens (tertiary/aromatic N) is 1. The third kappa shape index (κ3) is 3.85. The van der Waals surface area contributed by atoms with Crippen molar-refractivity contribution in [3.63, 3.8) is 0 Å². The molecular formula is C15H16F3NO. The quantitative estimate of drug-likeness (QED) is 0.757. The van der Waals surface area contributed by atoms with E-state index >= 15 is 0 Å². The SMILES string of the molecule is O=C(/C=C/c1ccc(C(F)(F)F)cc1)N1CCCCC1. The molecule has 0 spiro atoms. The zero-order chi connectivity index (χ0) is 14.6. The molecule has 108 valence electrons. The van der Waals surface area contributed by atoms with Crippen LogP contribution in [0.5, 0.6) is 0 Å². The van der Waals surface area contributed by atoms with E-state index in [1.807, 2.05) is 0 Å². The summed E-state index contributed by atoms with van der Waals surface area (Å²) in [4.78, 5) is 13.6. The average molecular weight is 283 g/mol. The maximum absolute atomic E-state index is 12.4. The van der Waals surface area contributed by atoms with Crippen LogP contribution in [0.4, 0.5) is 13.2 Å². The fraction of sp³-hybridized carbons (Fsp3) is 0.400. The van der Waals surface area contributed by atoms with Crippen molar-refractivity contribution in [3.05, 3.63) is 41.5 Å². The lowest BCUT2D eigenvalue weighted by Gasteiger charge is -2.25. The number of piperidine rings is 1. The second-order valence-corrected chi connectivity index (χ2v) is 4.84.